The summed E-state index contributed by atoms with van der Waals surface area (Å²) >= 11 is 5.54. The predicted molar refractivity (Wildman–Crippen MR) is 134 cm³/mol. The summed E-state index contributed by atoms with van der Waals surface area (Å²) in [5.41, 5.74) is -1.64. The number of aryl methyl sites for hydroxylation is 1. The molecule has 190 valence electrons. The van der Waals surface area contributed by atoms with Gasteiger partial charge in [0.05, 0.1) is 22.9 Å². The summed E-state index contributed by atoms with van der Waals surface area (Å²) in [7, 11) is 1.71. The number of nitrogens with zero attached hydrogens (tertiary/aromatic N) is 5. The second-order valence-electron chi connectivity index (χ2n) is 8.87. The lowest BCUT2D eigenvalue weighted by molar-refractivity contribution is -0.137. The van der Waals surface area contributed by atoms with Gasteiger partial charge in [-0.05, 0) is 62.0 Å². The Morgan fingerprint density at radius 3 is 2.38 bits per heavy atom. The molecule has 37 heavy (non-hydrogen) atoms. The number of amides is 2. The molecule has 0 saturated carbocycles. The molecule has 2 amide bonds. The molecule has 2 heterocycles. The maximum Gasteiger partial charge on any atom is 0.417 e. The first-order valence-electron chi connectivity index (χ1n) is 11.0. The van der Waals surface area contributed by atoms with E-state index in [9.17, 15) is 22.8 Å². The molecule has 1 aliphatic heterocycles. The number of thiocarbonyl (C=S) groups is 1. The van der Waals surface area contributed by atoms with Gasteiger partial charge in [-0.3, -0.25) is 14.5 Å². The summed E-state index contributed by atoms with van der Waals surface area (Å²) in [6, 6.07) is 11.5. The third-order valence-corrected chi connectivity index (χ3v) is 6.39. The molecular weight excluding hydrogens is 505 g/mol. The van der Waals surface area contributed by atoms with Gasteiger partial charge in [-0.25, -0.2) is 4.98 Å². The molecule has 12 heteroatoms. The Morgan fingerprint density at radius 2 is 1.81 bits per heavy atom. The number of carbonyl (C=O) groups excluding carboxylic acids is 2. The molecule has 1 saturated heterocycles. The molecule has 0 bridgehead atoms. The van der Waals surface area contributed by atoms with E-state index in [2.05, 4.69) is 10.3 Å². The van der Waals surface area contributed by atoms with Crippen LogP contribution in [-0.2, 0) is 24.6 Å². The molecule has 0 aliphatic carbocycles. The van der Waals surface area contributed by atoms with Crippen molar-refractivity contribution >= 4 is 40.5 Å². The highest BCUT2D eigenvalue weighted by atomic mass is 32.1. The van der Waals surface area contributed by atoms with Crippen molar-refractivity contribution in [1.82, 2.24) is 14.9 Å². The highest BCUT2D eigenvalue weighted by Gasteiger charge is 2.50. The van der Waals surface area contributed by atoms with Crippen molar-refractivity contribution < 1.29 is 22.8 Å². The summed E-state index contributed by atoms with van der Waals surface area (Å²) in [5, 5.41) is 11.9. The minimum atomic E-state index is -4.78. The van der Waals surface area contributed by atoms with E-state index in [1.165, 1.54) is 18.3 Å². The lowest BCUT2D eigenvalue weighted by atomic mass is 10.0. The summed E-state index contributed by atoms with van der Waals surface area (Å²) in [5.74, 6) is -0.571. The fourth-order valence-corrected chi connectivity index (χ4v) is 4.59. The van der Waals surface area contributed by atoms with Crippen LogP contribution >= 0.6 is 12.2 Å². The van der Waals surface area contributed by atoms with Gasteiger partial charge in [-0.1, -0.05) is 12.1 Å². The summed E-state index contributed by atoms with van der Waals surface area (Å²) in [6.45, 7) is 3.48. The molecule has 1 N–H and O–H groups in total. The Balaban J connectivity index is 1.58. The summed E-state index contributed by atoms with van der Waals surface area (Å²) in [6.07, 6.45) is -1.59. The third-order valence-electron chi connectivity index (χ3n) is 6.03. The van der Waals surface area contributed by atoms with Gasteiger partial charge in [-0.2, -0.15) is 18.4 Å². The van der Waals surface area contributed by atoms with Gasteiger partial charge in [0.25, 0.3) is 11.8 Å². The largest absolute Gasteiger partial charge is 0.417 e. The molecule has 1 fully saturated rings. The van der Waals surface area contributed by atoms with Crippen molar-refractivity contribution in [2.75, 3.05) is 9.80 Å². The van der Waals surface area contributed by atoms with Gasteiger partial charge in [-0.15, -0.1) is 0 Å². The Hall–Kier alpha value is -4.24. The van der Waals surface area contributed by atoms with Crippen molar-refractivity contribution in [1.29, 1.82) is 5.26 Å². The molecule has 1 aromatic heterocycles. The molecule has 2 aromatic carbocycles. The molecule has 4 rings (SSSR count). The Bertz CT molecular complexity index is 1440. The lowest BCUT2D eigenvalue weighted by Crippen LogP contribution is -2.44. The number of alkyl halides is 3. The summed E-state index contributed by atoms with van der Waals surface area (Å²) < 4.78 is 42.1. The zero-order valence-electron chi connectivity index (χ0n) is 20.0. The third kappa shape index (κ3) is 4.65. The van der Waals surface area contributed by atoms with Crippen LogP contribution in [0.2, 0.25) is 0 Å². The number of rotatable bonds is 5. The van der Waals surface area contributed by atoms with Crippen LogP contribution < -0.4 is 15.1 Å². The van der Waals surface area contributed by atoms with Crippen LogP contribution in [0.15, 0.2) is 54.9 Å². The molecule has 0 radical (unpaired) electrons. The van der Waals surface area contributed by atoms with Crippen LogP contribution in [0.4, 0.5) is 24.5 Å². The average Bonchev–Trinajstić information content (AvgIpc) is 3.35. The first kappa shape index (κ1) is 25.8. The van der Waals surface area contributed by atoms with E-state index in [1.54, 1.807) is 60.8 Å². The van der Waals surface area contributed by atoms with Crippen LogP contribution in [0.3, 0.4) is 0 Å². The lowest BCUT2D eigenvalue weighted by Gasteiger charge is -2.29. The van der Waals surface area contributed by atoms with E-state index >= 15 is 0 Å². The Kier molecular flexibility index (Phi) is 6.51. The monoisotopic (exact) mass is 526 g/mol. The van der Waals surface area contributed by atoms with Crippen LogP contribution in [-0.4, -0.2) is 32.0 Å². The number of carbonyl (C=O) groups is 2. The van der Waals surface area contributed by atoms with Gasteiger partial charge in [0.15, 0.2) is 10.9 Å². The second kappa shape index (κ2) is 9.33. The van der Waals surface area contributed by atoms with E-state index in [4.69, 9.17) is 17.5 Å². The molecule has 8 nitrogen and oxygen atoms in total. The fraction of sp³-hybridized carbons (Fsp3) is 0.240. The number of hydrogen-bond acceptors (Lipinski definition) is 5. The van der Waals surface area contributed by atoms with Crippen LogP contribution in [0.25, 0.3) is 0 Å². The smallest absolute Gasteiger partial charge is 0.345 e. The average molecular weight is 527 g/mol. The number of benzene rings is 2. The number of aromatic nitrogens is 2. The molecule has 0 atom stereocenters. The number of halogens is 3. The minimum Gasteiger partial charge on any atom is -0.345 e. The van der Waals surface area contributed by atoms with E-state index in [0.717, 1.165) is 22.6 Å². The number of anilines is 2. The van der Waals surface area contributed by atoms with E-state index in [0.29, 0.717) is 5.69 Å². The maximum atomic E-state index is 13.5. The Labute approximate surface area is 215 Å². The number of nitriles is 1. The van der Waals surface area contributed by atoms with Gasteiger partial charge in [0.2, 0.25) is 0 Å². The minimum absolute atomic E-state index is 0.00340. The predicted octanol–water partition coefficient (Wildman–Crippen LogP) is 4.16. The molecular formula is C25H21F3N6O2S. The zero-order valence-corrected chi connectivity index (χ0v) is 20.8. The number of imidazole rings is 1. The van der Waals surface area contributed by atoms with Gasteiger partial charge in [0, 0.05) is 31.7 Å². The van der Waals surface area contributed by atoms with Gasteiger partial charge in [0.1, 0.15) is 5.54 Å². The highest BCUT2D eigenvalue weighted by molar-refractivity contribution is 7.81. The topological polar surface area (TPSA) is 94.3 Å². The van der Waals surface area contributed by atoms with Crippen molar-refractivity contribution in [2.24, 2.45) is 7.05 Å². The second-order valence-corrected chi connectivity index (χ2v) is 9.23. The van der Waals surface area contributed by atoms with Crippen LogP contribution in [0.1, 0.15) is 41.2 Å². The van der Waals surface area contributed by atoms with Crippen molar-refractivity contribution in [3.8, 4) is 6.07 Å². The quantitative estimate of drug-likeness (QED) is 0.502. The first-order valence-corrected chi connectivity index (χ1v) is 11.4. The van der Waals surface area contributed by atoms with E-state index in [1.807, 2.05) is 0 Å². The van der Waals surface area contributed by atoms with Crippen molar-refractivity contribution in [2.45, 2.75) is 32.1 Å². The van der Waals surface area contributed by atoms with E-state index in [-0.39, 0.29) is 29.1 Å². The molecule has 1 aliphatic rings. The zero-order chi connectivity index (χ0) is 27.1. The van der Waals surface area contributed by atoms with Gasteiger partial charge < -0.3 is 14.8 Å². The number of nitrogens with one attached hydrogen (secondary N) is 1. The van der Waals surface area contributed by atoms with Crippen molar-refractivity contribution in [3.05, 3.63) is 77.4 Å². The molecule has 0 spiro atoms. The van der Waals surface area contributed by atoms with Gasteiger partial charge >= 0.3 is 6.18 Å². The fourth-order valence-electron chi connectivity index (χ4n) is 4.07. The summed E-state index contributed by atoms with van der Waals surface area (Å²) in [4.78, 5) is 32.2. The Morgan fingerprint density at radius 1 is 1.16 bits per heavy atom. The standard InChI is InChI=1S/C25H21F3N6O2S/c1-24(2)22(36)33(18-9-6-16(13-29)19(12-18)25(26,27)28)23(37)34(24)17-7-4-15(5-8-17)14-31-21(35)20-30-10-11-32(20)3/h4-12H,14H2,1-3H3,(H,31,35). The van der Waals surface area contributed by atoms with Crippen molar-refractivity contribution in [3.63, 3.8) is 0 Å². The highest BCUT2D eigenvalue weighted by Crippen LogP contribution is 2.39. The van der Waals surface area contributed by atoms with Crippen LogP contribution in [0.5, 0.6) is 0 Å². The van der Waals surface area contributed by atoms with E-state index < -0.39 is 28.7 Å². The maximum absolute atomic E-state index is 13.5. The van der Waals surface area contributed by atoms with Crippen LogP contribution in [0, 0.1) is 11.3 Å². The SMILES string of the molecule is Cn1ccnc1C(=O)NCc1ccc(N2C(=S)N(c3ccc(C#N)c(C(F)(F)F)c3)C(=O)C2(C)C)cc1. The molecule has 3 aromatic rings. The molecule has 0 unspecified atom stereocenters. The first-order chi connectivity index (χ1) is 17.4. The normalized spacial score (nSPS) is 15.2. The number of hydrogen-bond donors (Lipinski definition) is 1.